The number of halogens is 3. The fourth-order valence-electron chi connectivity index (χ4n) is 3.16. The van der Waals surface area contributed by atoms with Crippen LogP contribution in [0.3, 0.4) is 0 Å². The zero-order chi connectivity index (χ0) is 19.1. The number of aromatic carboxylic acids is 1. The van der Waals surface area contributed by atoms with Crippen molar-refractivity contribution in [3.63, 3.8) is 0 Å². The Bertz CT molecular complexity index is 806. The summed E-state index contributed by atoms with van der Waals surface area (Å²) in [6.07, 6.45) is -2.01. The van der Waals surface area contributed by atoms with Crippen LogP contribution in [-0.4, -0.2) is 50.1 Å². The maximum absolute atomic E-state index is 13.1. The largest absolute Gasteiger partial charge is 0.478 e. The van der Waals surface area contributed by atoms with Gasteiger partial charge in [0.15, 0.2) is 0 Å². The van der Waals surface area contributed by atoms with E-state index in [-0.39, 0.29) is 6.04 Å². The highest BCUT2D eigenvalue weighted by Gasteiger charge is 2.37. The number of nitrogens with one attached hydrogen (secondary N) is 1. The number of carboxylic acids is 1. The predicted octanol–water partition coefficient (Wildman–Crippen LogP) is 2.17. The molecule has 6 nitrogen and oxygen atoms in total. The Kier molecular flexibility index (Phi) is 5.02. The molecular formula is C16H19F3N2O4S. The SMILES string of the molecule is O=C(O)c1ccc(S(=O)(=O)NC2CCN(CC3CC3)C2)cc1C(F)(F)F. The average molecular weight is 392 g/mol. The van der Waals surface area contributed by atoms with Crippen molar-refractivity contribution in [3.05, 3.63) is 29.3 Å². The van der Waals surface area contributed by atoms with Crippen molar-refractivity contribution in [3.8, 4) is 0 Å². The van der Waals surface area contributed by atoms with Crippen LogP contribution in [0, 0.1) is 5.92 Å². The van der Waals surface area contributed by atoms with E-state index in [0.29, 0.717) is 31.0 Å². The third kappa shape index (κ3) is 4.36. The van der Waals surface area contributed by atoms with E-state index in [9.17, 15) is 26.4 Å². The molecule has 1 unspecified atom stereocenters. The van der Waals surface area contributed by atoms with Gasteiger partial charge in [-0.3, -0.25) is 0 Å². The summed E-state index contributed by atoms with van der Waals surface area (Å²) in [6.45, 7) is 2.19. The molecule has 26 heavy (non-hydrogen) atoms. The van der Waals surface area contributed by atoms with Gasteiger partial charge in [0, 0.05) is 19.1 Å². The molecule has 1 saturated carbocycles. The van der Waals surface area contributed by atoms with E-state index >= 15 is 0 Å². The van der Waals surface area contributed by atoms with Crippen LogP contribution in [-0.2, 0) is 16.2 Å². The number of hydrogen-bond acceptors (Lipinski definition) is 4. The van der Waals surface area contributed by atoms with Crippen molar-refractivity contribution < 1.29 is 31.5 Å². The Morgan fingerprint density at radius 3 is 2.54 bits per heavy atom. The van der Waals surface area contributed by atoms with Gasteiger partial charge >= 0.3 is 12.1 Å². The first-order valence-electron chi connectivity index (χ1n) is 8.25. The first-order valence-corrected chi connectivity index (χ1v) is 9.74. The lowest BCUT2D eigenvalue weighted by Gasteiger charge is -2.17. The summed E-state index contributed by atoms with van der Waals surface area (Å²) in [5.74, 6) is -1.09. The minimum Gasteiger partial charge on any atom is -0.478 e. The van der Waals surface area contributed by atoms with Gasteiger partial charge < -0.3 is 10.0 Å². The second kappa shape index (κ2) is 6.82. The topological polar surface area (TPSA) is 86.7 Å². The standard InChI is InChI=1S/C16H19F3N2O4S/c17-16(18,19)14-7-12(3-4-13(14)15(22)23)26(24,25)20-11-5-6-21(9-11)8-10-1-2-10/h3-4,7,10-11,20H,1-2,5-6,8-9H2,(H,22,23). The fourth-order valence-corrected chi connectivity index (χ4v) is 4.45. The molecule has 144 valence electrons. The van der Waals surface area contributed by atoms with Crippen LogP contribution in [0.2, 0.25) is 0 Å². The van der Waals surface area contributed by atoms with Gasteiger partial charge in [0.05, 0.1) is 16.0 Å². The van der Waals surface area contributed by atoms with E-state index in [4.69, 9.17) is 5.11 Å². The van der Waals surface area contributed by atoms with Gasteiger partial charge in [-0.15, -0.1) is 0 Å². The van der Waals surface area contributed by atoms with Crippen molar-refractivity contribution >= 4 is 16.0 Å². The lowest BCUT2D eigenvalue weighted by molar-refractivity contribution is -0.138. The highest BCUT2D eigenvalue weighted by molar-refractivity contribution is 7.89. The number of hydrogen-bond donors (Lipinski definition) is 2. The Hall–Kier alpha value is -1.65. The van der Waals surface area contributed by atoms with Gasteiger partial charge in [0.1, 0.15) is 0 Å². The zero-order valence-electron chi connectivity index (χ0n) is 13.8. The molecule has 3 rings (SSSR count). The maximum atomic E-state index is 13.1. The van der Waals surface area contributed by atoms with E-state index in [1.165, 1.54) is 12.8 Å². The van der Waals surface area contributed by atoms with Crippen LogP contribution in [0.1, 0.15) is 35.2 Å². The van der Waals surface area contributed by atoms with Crippen LogP contribution in [0.4, 0.5) is 13.2 Å². The van der Waals surface area contributed by atoms with Crippen molar-refractivity contribution in [2.45, 2.75) is 36.4 Å². The van der Waals surface area contributed by atoms with Crippen LogP contribution in [0.25, 0.3) is 0 Å². The van der Waals surface area contributed by atoms with Gasteiger partial charge in [0.25, 0.3) is 0 Å². The summed E-state index contributed by atoms with van der Waals surface area (Å²) in [4.78, 5) is 12.5. The monoisotopic (exact) mass is 392 g/mol. The Morgan fingerprint density at radius 2 is 1.96 bits per heavy atom. The molecular weight excluding hydrogens is 373 g/mol. The van der Waals surface area contributed by atoms with Crippen LogP contribution in [0.5, 0.6) is 0 Å². The molecule has 2 fully saturated rings. The van der Waals surface area contributed by atoms with Gasteiger partial charge in [-0.2, -0.15) is 13.2 Å². The van der Waals surface area contributed by atoms with Crippen molar-refractivity contribution in [1.29, 1.82) is 0 Å². The van der Waals surface area contributed by atoms with Gasteiger partial charge in [-0.1, -0.05) is 0 Å². The molecule has 1 aliphatic carbocycles. The number of likely N-dealkylation sites (tertiary alicyclic amines) is 1. The van der Waals surface area contributed by atoms with Crippen molar-refractivity contribution in [2.75, 3.05) is 19.6 Å². The number of rotatable bonds is 6. The number of nitrogens with zero attached hydrogens (tertiary/aromatic N) is 1. The lowest BCUT2D eigenvalue weighted by atomic mass is 10.1. The smallest absolute Gasteiger partial charge is 0.417 e. The quantitative estimate of drug-likeness (QED) is 0.775. The summed E-state index contributed by atoms with van der Waals surface area (Å²) in [6, 6.07) is 1.57. The molecule has 0 aromatic heterocycles. The summed E-state index contributed by atoms with van der Waals surface area (Å²) >= 11 is 0. The molecule has 0 spiro atoms. The number of carbonyl (C=O) groups is 1. The second-order valence-electron chi connectivity index (χ2n) is 6.82. The molecule has 0 radical (unpaired) electrons. The minimum absolute atomic E-state index is 0.368. The van der Waals surface area contributed by atoms with Gasteiger partial charge in [0.2, 0.25) is 10.0 Å². The Morgan fingerprint density at radius 1 is 1.27 bits per heavy atom. The summed E-state index contributed by atoms with van der Waals surface area (Å²) < 4.78 is 66.6. The number of alkyl halides is 3. The molecule has 2 N–H and O–H groups in total. The van der Waals surface area contributed by atoms with Crippen LogP contribution in [0.15, 0.2) is 23.1 Å². The molecule has 1 aliphatic heterocycles. The number of sulfonamides is 1. The van der Waals surface area contributed by atoms with Crippen LogP contribution >= 0.6 is 0 Å². The molecule has 1 heterocycles. The zero-order valence-corrected chi connectivity index (χ0v) is 14.6. The minimum atomic E-state index is -4.96. The van der Waals surface area contributed by atoms with E-state index in [1.807, 2.05) is 0 Å². The summed E-state index contributed by atoms with van der Waals surface area (Å²) in [7, 11) is -4.17. The molecule has 0 bridgehead atoms. The first kappa shape index (κ1) is 19.1. The molecule has 1 saturated heterocycles. The number of benzene rings is 1. The normalized spacial score (nSPS) is 21.9. The highest BCUT2D eigenvalue weighted by atomic mass is 32.2. The Balaban J connectivity index is 1.77. The predicted molar refractivity (Wildman–Crippen MR) is 86.3 cm³/mol. The first-order chi connectivity index (χ1) is 12.1. The number of carboxylic acid groups (broad SMARTS) is 1. The molecule has 10 heteroatoms. The van der Waals surface area contributed by atoms with Crippen molar-refractivity contribution in [1.82, 2.24) is 9.62 Å². The third-order valence-corrected chi connectivity index (χ3v) is 6.16. The van der Waals surface area contributed by atoms with Gasteiger partial charge in [-0.05, 0) is 49.9 Å². The van der Waals surface area contributed by atoms with E-state index in [1.54, 1.807) is 0 Å². The average Bonchev–Trinajstić information content (AvgIpc) is 3.24. The van der Waals surface area contributed by atoms with E-state index in [0.717, 1.165) is 19.2 Å². The van der Waals surface area contributed by atoms with Crippen LogP contribution < -0.4 is 4.72 Å². The highest BCUT2D eigenvalue weighted by Crippen LogP contribution is 2.34. The molecule has 1 atom stereocenters. The maximum Gasteiger partial charge on any atom is 0.417 e. The molecule has 2 aliphatic rings. The molecule has 1 aromatic rings. The second-order valence-corrected chi connectivity index (χ2v) is 8.53. The summed E-state index contributed by atoms with van der Waals surface area (Å²) in [5, 5.41) is 8.89. The third-order valence-electron chi connectivity index (χ3n) is 4.64. The lowest BCUT2D eigenvalue weighted by Crippen LogP contribution is -2.37. The van der Waals surface area contributed by atoms with E-state index < -0.39 is 38.2 Å². The van der Waals surface area contributed by atoms with Crippen molar-refractivity contribution in [2.24, 2.45) is 5.92 Å². The van der Waals surface area contributed by atoms with Gasteiger partial charge in [-0.25, -0.2) is 17.9 Å². The van der Waals surface area contributed by atoms with E-state index in [2.05, 4.69) is 9.62 Å². The molecule has 0 amide bonds. The fraction of sp³-hybridized carbons (Fsp3) is 0.562. The summed E-state index contributed by atoms with van der Waals surface area (Å²) in [5.41, 5.74) is -2.46. The molecule has 1 aromatic carbocycles. The Labute approximate surface area is 149 Å².